The van der Waals surface area contributed by atoms with Crippen molar-refractivity contribution in [1.82, 2.24) is 14.9 Å². The Bertz CT molecular complexity index is 1060. The minimum Gasteiger partial charge on any atom is -0.381 e. The van der Waals surface area contributed by atoms with Gasteiger partial charge in [0.1, 0.15) is 5.82 Å². The normalized spacial score (nSPS) is 22.3. The van der Waals surface area contributed by atoms with E-state index in [1.54, 1.807) is 17.3 Å². The van der Waals surface area contributed by atoms with Gasteiger partial charge in [-0.3, -0.25) is 14.7 Å². The van der Waals surface area contributed by atoms with E-state index in [0.717, 1.165) is 24.1 Å². The molecule has 0 saturated carbocycles. The van der Waals surface area contributed by atoms with Crippen molar-refractivity contribution in [1.29, 1.82) is 0 Å². The highest BCUT2D eigenvalue weighted by molar-refractivity contribution is 6.34. The van der Waals surface area contributed by atoms with Crippen molar-refractivity contribution in [3.63, 3.8) is 0 Å². The zero-order valence-corrected chi connectivity index (χ0v) is 20.3. The summed E-state index contributed by atoms with van der Waals surface area (Å²) in [4.78, 5) is 28.5. The van der Waals surface area contributed by atoms with E-state index < -0.39 is 5.54 Å². The number of nitrogens with zero attached hydrogens (tertiary/aromatic N) is 4. The fourth-order valence-electron chi connectivity index (χ4n) is 4.31. The Balaban J connectivity index is 1.60. The lowest BCUT2D eigenvalue weighted by Gasteiger charge is -2.40. The van der Waals surface area contributed by atoms with Gasteiger partial charge in [-0.05, 0) is 25.8 Å². The van der Waals surface area contributed by atoms with Crippen molar-refractivity contribution >= 4 is 35.0 Å². The van der Waals surface area contributed by atoms with Crippen LogP contribution in [0.5, 0.6) is 0 Å². The highest BCUT2D eigenvalue weighted by Crippen LogP contribution is 2.41. The van der Waals surface area contributed by atoms with E-state index in [1.807, 2.05) is 25.1 Å². The van der Waals surface area contributed by atoms with Crippen molar-refractivity contribution in [2.75, 3.05) is 18.5 Å². The van der Waals surface area contributed by atoms with Gasteiger partial charge in [0, 0.05) is 30.2 Å². The summed E-state index contributed by atoms with van der Waals surface area (Å²) in [5.74, 6) is 0.773. The number of guanidine groups is 1. The number of amides is 1. The standard InChI is InChI=1S/C24H31ClN6O2/c1-23(2,3)18-13-28-19(14-27-18)29-17-7-5-6-16(21(17)25)24(4)12-20(32)31(22(26)30-24)15-8-10-33-11-9-15/h5-7,13-15H,8-12H2,1-4H3,(H2,26,30)(H,28,29)/t24-/m0/s1. The van der Waals surface area contributed by atoms with Crippen LogP contribution in [0.1, 0.15) is 58.2 Å². The average molecular weight is 471 g/mol. The first-order chi connectivity index (χ1) is 15.6. The van der Waals surface area contributed by atoms with Crippen molar-refractivity contribution in [3.05, 3.63) is 46.9 Å². The molecule has 1 aromatic heterocycles. The molecule has 3 N–H and O–H groups in total. The number of halogens is 1. The van der Waals surface area contributed by atoms with E-state index in [-0.39, 0.29) is 29.7 Å². The largest absolute Gasteiger partial charge is 0.381 e. The van der Waals surface area contributed by atoms with Gasteiger partial charge in [-0.15, -0.1) is 0 Å². The minimum absolute atomic E-state index is 0.0256. The van der Waals surface area contributed by atoms with Crippen LogP contribution in [0.4, 0.5) is 11.5 Å². The number of aliphatic imine (C=N–C) groups is 1. The SMILES string of the molecule is CC(C)(C)c1cnc(Nc2cccc([C@]3(C)CC(=O)N(C4CCOCC4)C(N)=N3)c2Cl)cn1. The Morgan fingerprint density at radius 1 is 1.21 bits per heavy atom. The first-order valence-electron chi connectivity index (χ1n) is 11.2. The van der Waals surface area contributed by atoms with Crippen LogP contribution in [0, 0.1) is 0 Å². The molecule has 3 heterocycles. The highest BCUT2D eigenvalue weighted by atomic mass is 35.5. The number of benzene rings is 1. The molecule has 1 fully saturated rings. The van der Waals surface area contributed by atoms with Gasteiger partial charge in [0.2, 0.25) is 5.91 Å². The summed E-state index contributed by atoms with van der Waals surface area (Å²) < 4.78 is 5.42. The summed E-state index contributed by atoms with van der Waals surface area (Å²) in [6.07, 6.45) is 5.16. The molecule has 176 valence electrons. The molecule has 2 aliphatic heterocycles. The van der Waals surface area contributed by atoms with Crippen LogP contribution in [-0.4, -0.2) is 46.0 Å². The van der Waals surface area contributed by atoms with Gasteiger partial charge in [-0.1, -0.05) is 44.5 Å². The molecule has 1 saturated heterocycles. The van der Waals surface area contributed by atoms with E-state index in [9.17, 15) is 4.79 Å². The third kappa shape index (κ3) is 4.82. The Morgan fingerprint density at radius 2 is 1.94 bits per heavy atom. The lowest BCUT2D eigenvalue weighted by Crippen LogP contribution is -2.55. The monoisotopic (exact) mass is 470 g/mol. The second-order valence-corrected chi connectivity index (χ2v) is 10.2. The number of carbonyl (C=O) groups excluding carboxylic acids is 1. The van der Waals surface area contributed by atoms with E-state index >= 15 is 0 Å². The Hall–Kier alpha value is -2.71. The van der Waals surface area contributed by atoms with Crippen LogP contribution in [0.25, 0.3) is 0 Å². The zero-order chi connectivity index (χ0) is 23.8. The average Bonchev–Trinajstić information content (AvgIpc) is 2.75. The molecule has 1 amide bonds. The third-order valence-corrected chi connectivity index (χ3v) is 6.60. The molecular weight excluding hydrogens is 440 g/mol. The number of rotatable bonds is 4. The number of hydrogen-bond donors (Lipinski definition) is 2. The van der Waals surface area contributed by atoms with Gasteiger partial charge in [0.15, 0.2) is 5.96 Å². The van der Waals surface area contributed by atoms with E-state index in [4.69, 9.17) is 27.1 Å². The van der Waals surface area contributed by atoms with Gasteiger partial charge in [0.05, 0.1) is 40.8 Å². The quantitative estimate of drug-likeness (QED) is 0.696. The lowest BCUT2D eigenvalue weighted by atomic mass is 9.86. The second kappa shape index (κ2) is 8.91. The van der Waals surface area contributed by atoms with Crippen LogP contribution < -0.4 is 11.1 Å². The van der Waals surface area contributed by atoms with Gasteiger partial charge in [-0.25, -0.2) is 9.98 Å². The van der Waals surface area contributed by atoms with Gasteiger partial charge < -0.3 is 15.8 Å². The summed E-state index contributed by atoms with van der Waals surface area (Å²) in [6.45, 7) is 9.41. The molecule has 0 radical (unpaired) electrons. The summed E-state index contributed by atoms with van der Waals surface area (Å²) in [6, 6.07) is 5.65. The highest BCUT2D eigenvalue weighted by Gasteiger charge is 2.41. The number of ether oxygens (including phenoxy) is 1. The molecule has 2 aromatic rings. The van der Waals surface area contributed by atoms with E-state index in [2.05, 4.69) is 36.1 Å². The minimum atomic E-state index is -0.862. The van der Waals surface area contributed by atoms with Crippen LogP contribution in [-0.2, 0) is 20.5 Å². The second-order valence-electron chi connectivity index (χ2n) is 9.86. The van der Waals surface area contributed by atoms with Gasteiger partial charge in [-0.2, -0.15) is 0 Å². The van der Waals surface area contributed by atoms with Gasteiger partial charge >= 0.3 is 0 Å². The van der Waals surface area contributed by atoms with Crippen LogP contribution >= 0.6 is 11.6 Å². The fourth-order valence-corrected chi connectivity index (χ4v) is 4.68. The predicted octanol–water partition coefficient (Wildman–Crippen LogP) is 4.11. The number of anilines is 2. The van der Waals surface area contributed by atoms with Crippen molar-refractivity contribution < 1.29 is 9.53 Å². The first-order valence-corrected chi connectivity index (χ1v) is 11.6. The molecule has 4 rings (SSSR count). The topological polar surface area (TPSA) is 106 Å². The van der Waals surface area contributed by atoms with Crippen molar-refractivity contribution in [2.24, 2.45) is 10.7 Å². The Kier molecular flexibility index (Phi) is 6.33. The number of aromatic nitrogens is 2. The van der Waals surface area contributed by atoms with E-state index in [0.29, 0.717) is 29.7 Å². The number of nitrogens with two attached hydrogens (primary N) is 1. The molecule has 0 aliphatic carbocycles. The predicted molar refractivity (Wildman–Crippen MR) is 130 cm³/mol. The summed E-state index contributed by atoms with van der Waals surface area (Å²) in [5, 5.41) is 3.71. The molecule has 8 nitrogen and oxygen atoms in total. The third-order valence-electron chi connectivity index (χ3n) is 6.19. The molecule has 0 unspecified atom stereocenters. The van der Waals surface area contributed by atoms with Crippen LogP contribution in [0.3, 0.4) is 0 Å². The zero-order valence-electron chi connectivity index (χ0n) is 19.6. The number of carbonyl (C=O) groups is 1. The molecule has 0 bridgehead atoms. The van der Waals surface area contributed by atoms with Gasteiger partial charge in [0.25, 0.3) is 0 Å². The maximum Gasteiger partial charge on any atom is 0.232 e. The summed E-state index contributed by atoms with van der Waals surface area (Å²) >= 11 is 6.80. The smallest absolute Gasteiger partial charge is 0.232 e. The molecule has 33 heavy (non-hydrogen) atoms. The lowest BCUT2D eigenvalue weighted by molar-refractivity contribution is -0.132. The van der Waals surface area contributed by atoms with E-state index in [1.165, 1.54) is 0 Å². The van der Waals surface area contributed by atoms with Crippen LogP contribution in [0.2, 0.25) is 5.02 Å². The summed E-state index contributed by atoms with van der Waals surface area (Å²) in [7, 11) is 0. The molecule has 2 aliphatic rings. The summed E-state index contributed by atoms with van der Waals surface area (Å²) in [5.41, 5.74) is 7.67. The molecular formula is C24H31ClN6O2. The molecule has 1 aromatic carbocycles. The Morgan fingerprint density at radius 3 is 2.55 bits per heavy atom. The maximum atomic E-state index is 13.1. The first kappa shape index (κ1) is 23.4. The fraction of sp³-hybridized carbons (Fsp3) is 0.500. The van der Waals surface area contributed by atoms with Crippen LogP contribution in [0.15, 0.2) is 35.6 Å². The van der Waals surface area contributed by atoms with Crippen molar-refractivity contribution in [3.8, 4) is 0 Å². The number of hydrogen-bond acceptors (Lipinski definition) is 7. The Labute approximate surface area is 199 Å². The molecule has 0 spiro atoms. The maximum absolute atomic E-state index is 13.1. The molecule has 1 atom stereocenters. The van der Waals surface area contributed by atoms with Crippen molar-refractivity contribution in [2.45, 2.75) is 64.0 Å². The molecule has 9 heteroatoms. The number of nitrogens with one attached hydrogen (secondary N) is 1.